The van der Waals surface area contributed by atoms with Crippen molar-refractivity contribution in [1.29, 1.82) is 0 Å². The second-order valence-corrected chi connectivity index (χ2v) is 5.11. The van der Waals surface area contributed by atoms with Gasteiger partial charge in [-0.3, -0.25) is 0 Å². The summed E-state index contributed by atoms with van der Waals surface area (Å²) in [4.78, 5) is 4.41. The van der Waals surface area contributed by atoms with Crippen molar-refractivity contribution in [1.82, 2.24) is 10.3 Å². The first kappa shape index (κ1) is 12.1. The Labute approximate surface area is 105 Å². The van der Waals surface area contributed by atoms with Gasteiger partial charge in [-0.25, -0.2) is 4.98 Å². The van der Waals surface area contributed by atoms with E-state index in [-0.39, 0.29) is 6.04 Å². The second-order valence-electron chi connectivity index (χ2n) is 4.05. The first-order valence-electron chi connectivity index (χ1n) is 5.58. The molecule has 1 aromatic heterocycles. The van der Waals surface area contributed by atoms with Crippen molar-refractivity contribution in [2.24, 2.45) is 0 Å². The summed E-state index contributed by atoms with van der Waals surface area (Å²) in [6.07, 6.45) is 0. The fourth-order valence-corrected chi connectivity index (χ4v) is 2.24. The first-order chi connectivity index (χ1) is 8.15. The van der Waals surface area contributed by atoms with Gasteiger partial charge < -0.3 is 10.4 Å². The van der Waals surface area contributed by atoms with Gasteiger partial charge >= 0.3 is 0 Å². The van der Waals surface area contributed by atoms with Crippen molar-refractivity contribution in [3.05, 3.63) is 45.9 Å². The number of benzene rings is 1. The van der Waals surface area contributed by atoms with Gasteiger partial charge in [0.05, 0.1) is 10.7 Å². The van der Waals surface area contributed by atoms with Crippen molar-refractivity contribution in [3.8, 4) is 5.75 Å². The van der Waals surface area contributed by atoms with Gasteiger partial charge in [0, 0.05) is 18.0 Å². The van der Waals surface area contributed by atoms with Crippen molar-refractivity contribution in [2.45, 2.75) is 26.4 Å². The Balaban J connectivity index is 1.93. The summed E-state index contributed by atoms with van der Waals surface area (Å²) in [5.74, 6) is 0.302. The number of aromatic hydroxyl groups is 1. The van der Waals surface area contributed by atoms with Crippen LogP contribution < -0.4 is 5.32 Å². The standard InChI is InChI=1S/C13H16N2OS/c1-9(11-3-5-13(16)6-4-11)14-7-12-8-17-10(2)15-12/h3-6,8-9,14,16H,7H2,1-2H3. The molecule has 0 aliphatic heterocycles. The van der Waals surface area contributed by atoms with Gasteiger partial charge in [0.25, 0.3) is 0 Å². The number of aromatic nitrogens is 1. The molecule has 1 heterocycles. The number of phenolic OH excluding ortho intramolecular Hbond substituents is 1. The van der Waals surface area contributed by atoms with Crippen LogP contribution in [0, 0.1) is 6.92 Å². The molecule has 0 spiro atoms. The van der Waals surface area contributed by atoms with Crippen LogP contribution in [-0.2, 0) is 6.54 Å². The fourth-order valence-electron chi connectivity index (χ4n) is 1.63. The van der Waals surface area contributed by atoms with Crippen molar-refractivity contribution in [3.63, 3.8) is 0 Å². The van der Waals surface area contributed by atoms with Crippen LogP contribution in [0.1, 0.15) is 29.2 Å². The van der Waals surface area contributed by atoms with Crippen LogP contribution in [0.3, 0.4) is 0 Å². The molecule has 17 heavy (non-hydrogen) atoms. The van der Waals surface area contributed by atoms with E-state index >= 15 is 0 Å². The van der Waals surface area contributed by atoms with Gasteiger partial charge in [-0.15, -0.1) is 11.3 Å². The number of phenols is 1. The Kier molecular flexibility index (Phi) is 3.76. The number of hydrogen-bond acceptors (Lipinski definition) is 4. The fraction of sp³-hybridized carbons (Fsp3) is 0.308. The highest BCUT2D eigenvalue weighted by Crippen LogP contribution is 2.17. The zero-order valence-corrected chi connectivity index (χ0v) is 10.8. The molecule has 90 valence electrons. The van der Waals surface area contributed by atoms with Crippen LogP contribution in [0.25, 0.3) is 0 Å². The maximum Gasteiger partial charge on any atom is 0.115 e. The highest BCUT2D eigenvalue weighted by Gasteiger charge is 2.05. The average Bonchev–Trinajstić information content (AvgIpc) is 2.73. The number of nitrogens with zero attached hydrogens (tertiary/aromatic N) is 1. The molecular formula is C13H16N2OS. The predicted molar refractivity (Wildman–Crippen MR) is 70.2 cm³/mol. The minimum absolute atomic E-state index is 0.248. The summed E-state index contributed by atoms with van der Waals surface area (Å²) in [7, 11) is 0. The molecule has 2 aromatic rings. The molecule has 0 aliphatic carbocycles. The highest BCUT2D eigenvalue weighted by atomic mass is 32.1. The zero-order chi connectivity index (χ0) is 12.3. The average molecular weight is 248 g/mol. The molecule has 4 heteroatoms. The van der Waals surface area contributed by atoms with Crippen LogP contribution in [0.2, 0.25) is 0 Å². The summed E-state index contributed by atoms with van der Waals surface area (Å²) in [6, 6.07) is 7.53. The smallest absolute Gasteiger partial charge is 0.115 e. The minimum Gasteiger partial charge on any atom is -0.508 e. The SMILES string of the molecule is Cc1nc(CNC(C)c2ccc(O)cc2)cs1. The monoisotopic (exact) mass is 248 g/mol. The summed E-state index contributed by atoms with van der Waals surface area (Å²) < 4.78 is 0. The second kappa shape index (κ2) is 5.29. The number of rotatable bonds is 4. The molecule has 0 amide bonds. The molecule has 0 saturated heterocycles. The van der Waals surface area contributed by atoms with Crippen LogP contribution in [0.5, 0.6) is 5.75 Å². The topological polar surface area (TPSA) is 45.2 Å². The third-order valence-corrected chi connectivity index (χ3v) is 3.47. The lowest BCUT2D eigenvalue weighted by Crippen LogP contribution is -2.18. The van der Waals surface area contributed by atoms with E-state index in [2.05, 4.69) is 22.6 Å². The quantitative estimate of drug-likeness (QED) is 0.874. The summed E-state index contributed by atoms with van der Waals surface area (Å²) in [5, 5.41) is 15.8. The van der Waals surface area contributed by atoms with E-state index in [0.717, 1.165) is 22.8 Å². The normalized spacial score (nSPS) is 12.6. The van der Waals surface area contributed by atoms with E-state index in [9.17, 15) is 5.11 Å². The first-order valence-corrected chi connectivity index (χ1v) is 6.46. The van der Waals surface area contributed by atoms with Crippen molar-refractivity contribution in [2.75, 3.05) is 0 Å². The third-order valence-electron chi connectivity index (χ3n) is 2.65. The lowest BCUT2D eigenvalue weighted by molar-refractivity contribution is 0.474. The molecule has 0 radical (unpaired) electrons. The van der Waals surface area contributed by atoms with E-state index in [1.165, 1.54) is 0 Å². The lowest BCUT2D eigenvalue weighted by Gasteiger charge is -2.13. The minimum atomic E-state index is 0.248. The Hall–Kier alpha value is -1.39. The summed E-state index contributed by atoms with van der Waals surface area (Å²) in [6.45, 7) is 4.88. The molecule has 2 rings (SSSR count). The van der Waals surface area contributed by atoms with Gasteiger partial charge in [0.1, 0.15) is 5.75 Å². The third kappa shape index (κ3) is 3.28. The Bertz CT molecular complexity index is 478. The zero-order valence-electron chi connectivity index (χ0n) is 9.97. The molecule has 3 nitrogen and oxygen atoms in total. The van der Waals surface area contributed by atoms with E-state index in [1.807, 2.05) is 19.1 Å². The number of thiazole rings is 1. The van der Waals surface area contributed by atoms with E-state index in [4.69, 9.17) is 0 Å². The molecule has 2 N–H and O–H groups in total. The van der Waals surface area contributed by atoms with Gasteiger partial charge in [0.2, 0.25) is 0 Å². The van der Waals surface area contributed by atoms with Crippen LogP contribution in [-0.4, -0.2) is 10.1 Å². The number of nitrogens with one attached hydrogen (secondary N) is 1. The molecule has 1 atom stereocenters. The van der Waals surface area contributed by atoms with E-state index in [0.29, 0.717) is 5.75 Å². The lowest BCUT2D eigenvalue weighted by atomic mass is 10.1. The number of hydrogen-bond donors (Lipinski definition) is 2. The van der Waals surface area contributed by atoms with E-state index in [1.54, 1.807) is 23.5 Å². The number of aryl methyl sites for hydroxylation is 1. The van der Waals surface area contributed by atoms with Crippen molar-refractivity contribution < 1.29 is 5.11 Å². The Morgan fingerprint density at radius 2 is 2.06 bits per heavy atom. The highest BCUT2D eigenvalue weighted by molar-refractivity contribution is 7.09. The van der Waals surface area contributed by atoms with Gasteiger partial charge in [-0.1, -0.05) is 12.1 Å². The Morgan fingerprint density at radius 1 is 1.35 bits per heavy atom. The van der Waals surface area contributed by atoms with E-state index < -0.39 is 0 Å². The maximum absolute atomic E-state index is 9.22. The molecule has 0 bridgehead atoms. The van der Waals surface area contributed by atoms with Crippen LogP contribution in [0.4, 0.5) is 0 Å². The van der Waals surface area contributed by atoms with Crippen molar-refractivity contribution >= 4 is 11.3 Å². The van der Waals surface area contributed by atoms with Gasteiger partial charge in [-0.2, -0.15) is 0 Å². The van der Waals surface area contributed by atoms with Crippen LogP contribution >= 0.6 is 11.3 Å². The molecule has 0 fully saturated rings. The molecule has 0 aliphatic rings. The largest absolute Gasteiger partial charge is 0.508 e. The molecule has 1 unspecified atom stereocenters. The molecular weight excluding hydrogens is 232 g/mol. The summed E-state index contributed by atoms with van der Waals surface area (Å²) >= 11 is 1.67. The van der Waals surface area contributed by atoms with Crippen LogP contribution in [0.15, 0.2) is 29.6 Å². The molecule has 1 aromatic carbocycles. The Morgan fingerprint density at radius 3 is 2.65 bits per heavy atom. The summed E-state index contributed by atoms with van der Waals surface area (Å²) in [5.41, 5.74) is 2.24. The predicted octanol–water partition coefficient (Wildman–Crippen LogP) is 3.01. The van der Waals surface area contributed by atoms with Gasteiger partial charge in [0.15, 0.2) is 0 Å². The van der Waals surface area contributed by atoms with Gasteiger partial charge in [-0.05, 0) is 31.5 Å². The molecule has 0 saturated carbocycles. The maximum atomic E-state index is 9.22.